The Kier molecular flexibility index (Phi) is 3.74. The van der Waals surface area contributed by atoms with Gasteiger partial charge < -0.3 is 9.47 Å². The highest BCUT2D eigenvalue weighted by atomic mass is 16.7. The monoisotopic (exact) mass is 279 g/mol. The minimum Gasteiger partial charge on any atom is -0.343 e. The van der Waals surface area contributed by atoms with Crippen molar-refractivity contribution >= 4 is 0 Å². The quantitative estimate of drug-likeness (QED) is 0.865. The number of nitrogens with zero attached hydrogens (tertiary/aromatic N) is 1. The van der Waals surface area contributed by atoms with E-state index in [2.05, 4.69) is 25.1 Å². The van der Waals surface area contributed by atoms with Crippen LogP contribution < -0.4 is 0 Å². The Balaban J connectivity index is 1.99. The van der Waals surface area contributed by atoms with Gasteiger partial charge in [0.1, 0.15) is 0 Å². The molecule has 1 aliphatic rings. The van der Waals surface area contributed by atoms with Gasteiger partial charge in [0.15, 0.2) is 5.79 Å². The van der Waals surface area contributed by atoms with E-state index in [1.807, 2.05) is 36.4 Å². The average molecular weight is 279 g/mol. The van der Waals surface area contributed by atoms with E-state index < -0.39 is 5.79 Å². The minimum absolute atomic E-state index is 0.541. The van der Waals surface area contributed by atoms with Crippen molar-refractivity contribution in [3.05, 3.63) is 70.8 Å². The summed E-state index contributed by atoms with van der Waals surface area (Å²) in [4.78, 5) is 0. The second-order valence-corrected chi connectivity index (χ2v) is 5.26. The molecule has 0 aromatic heterocycles. The van der Waals surface area contributed by atoms with Crippen LogP contribution in [0.3, 0.4) is 0 Å². The van der Waals surface area contributed by atoms with Crippen LogP contribution in [0.15, 0.2) is 48.5 Å². The Hall–Kier alpha value is -2.15. The molecular weight excluding hydrogens is 262 g/mol. The second kappa shape index (κ2) is 5.69. The molecule has 0 amide bonds. The molecule has 0 unspecified atom stereocenters. The zero-order chi connectivity index (χ0) is 14.7. The molecule has 21 heavy (non-hydrogen) atoms. The van der Waals surface area contributed by atoms with Gasteiger partial charge >= 0.3 is 0 Å². The Morgan fingerprint density at radius 1 is 1.05 bits per heavy atom. The first kappa shape index (κ1) is 13.8. The van der Waals surface area contributed by atoms with Gasteiger partial charge in [-0.3, -0.25) is 0 Å². The summed E-state index contributed by atoms with van der Waals surface area (Å²) in [5.74, 6) is -0.777. The molecule has 106 valence electrons. The maximum Gasteiger partial charge on any atom is 0.199 e. The molecule has 1 fully saturated rings. The summed E-state index contributed by atoms with van der Waals surface area (Å²) in [5, 5.41) is 9.25. The number of hydrogen-bond donors (Lipinski definition) is 0. The number of ether oxygens (including phenoxy) is 2. The van der Waals surface area contributed by atoms with Crippen molar-refractivity contribution in [2.24, 2.45) is 0 Å². The Morgan fingerprint density at radius 2 is 1.71 bits per heavy atom. The van der Waals surface area contributed by atoms with E-state index in [1.165, 1.54) is 5.56 Å². The predicted molar refractivity (Wildman–Crippen MR) is 79.6 cm³/mol. The lowest BCUT2D eigenvalue weighted by Crippen LogP contribution is -2.30. The lowest BCUT2D eigenvalue weighted by atomic mass is 9.94. The van der Waals surface area contributed by atoms with Crippen LogP contribution in [0.4, 0.5) is 0 Å². The summed E-state index contributed by atoms with van der Waals surface area (Å²) >= 11 is 0. The first-order chi connectivity index (χ1) is 10.2. The molecule has 2 aromatic rings. The van der Waals surface area contributed by atoms with E-state index in [0.29, 0.717) is 25.2 Å². The summed E-state index contributed by atoms with van der Waals surface area (Å²) in [6.07, 6.45) is 0.541. The van der Waals surface area contributed by atoms with Crippen LogP contribution in [-0.2, 0) is 21.7 Å². The Morgan fingerprint density at radius 3 is 2.38 bits per heavy atom. The highest BCUT2D eigenvalue weighted by molar-refractivity contribution is 5.39. The van der Waals surface area contributed by atoms with Crippen LogP contribution in [0.5, 0.6) is 0 Å². The average Bonchev–Trinajstić information content (AvgIpc) is 2.98. The van der Waals surface area contributed by atoms with Crippen LogP contribution in [0.1, 0.15) is 22.3 Å². The van der Waals surface area contributed by atoms with Crippen molar-refractivity contribution in [3.8, 4) is 6.07 Å². The topological polar surface area (TPSA) is 42.2 Å². The van der Waals surface area contributed by atoms with Crippen LogP contribution in [-0.4, -0.2) is 13.2 Å². The molecule has 1 heterocycles. The molecule has 3 rings (SSSR count). The lowest BCUT2D eigenvalue weighted by Gasteiger charge is -2.28. The van der Waals surface area contributed by atoms with Crippen molar-refractivity contribution < 1.29 is 9.47 Å². The van der Waals surface area contributed by atoms with Gasteiger partial charge in [-0.15, -0.1) is 0 Å². The Bertz CT molecular complexity index is 664. The molecule has 0 bridgehead atoms. The van der Waals surface area contributed by atoms with Gasteiger partial charge in [-0.2, -0.15) is 5.26 Å². The van der Waals surface area contributed by atoms with E-state index in [-0.39, 0.29) is 0 Å². The van der Waals surface area contributed by atoms with Crippen molar-refractivity contribution in [3.63, 3.8) is 0 Å². The van der Waals surface area contributed by atoms with Crippen molar-refractivity contribution in [1.82, 2.24) is 0 Å². The summed E-state index contributed by atoms with van der Waals surface area (Å²) in [6.45, 7) is 3.20. The van der Waals surface area contributed by atoms with Crippen LogP contribution in [0.25, 0.3) is 0 Å². The van der Waals surface area contributed by atoms with Gasteiger partial charge in [-0.25, -0.2) is 0 Å². The molecule has 0 radical (unpaired) electrons. The molecule has 1 aliphatic heterocycles. The van der Waals surface area contributed by atoms with E-state index >= 15 is 0 Å². The fourth-order valence-electron chi connectivity index (χ4n) is 2.67. The molecule has 2 aromatic carbocycles. The van der Waals surface area contributed by atoms with Crippen LogP contribution in [0.2, 0.25) is 0 Å². The molecule has 3 nitrogen and oxygen atoms in total. The highest BCUT2D eigenvalue weighted by Crippen LogP contribution is 2.35. The van der Waals surface area contributed by atoms with E-state index in [4.69, 9.17) is 9.47 Å². The number of rotatable bonds is 3. The molecule has 0 spiro atoms. The van der Waals surface area contributed by atoms with Crippen molar-refractivity contribution in [2.75, 3.05) is 13.2 Å². The van der Waals surface area contributed by atoms with Crippen LogP contribution >= 0.6 is 0 Å². The van der Waals surface area contributed by atoms with E-state index in [9.17, 15) is 5.26 Å². The SMILES string of the molecule is Cc1ccc(C2(Cc3ccccc3C#N)OCCO2)cc1. The second-order valence-electron chi connectivity index (χ2n) is 5.26. The third-order valence-corrected chi connectivity index (χ3v) is 3.81. The van der Waals surface area contributed by atoms with Crippen LogP contribution in [0, 0.1) is 18.3 Å². The summed E-state index contributed by atoms with van der Waals surface area (Å²) in [6, 6.07) is 18.0. The largest absolute Gasteiger partial charge is 0.343 e. The molecule has 3 heteroatoms. The van der Waals surface area contributed by atoms with Crippen molar-refractivity contribution in [2.45, 2.75) is 19.1 Å². The van der Waals surface area contributed by atoms with Gasteiger partial charge in [-0.1, -0.05) is 48.0 Å². The number of nitriles is 1. The normalized spacial score (nSPS) is 16.6. The lowest BCUT2D eigenvalue weighted by molar-refractivity contribution is -0.164. The highest BCUT2D eigenvalue weighted by Gasteiger charge is 2.39. The number of benzene rings is 2. The summed E-state index contributed by atoms with van der Waals surface area (Å²) < 4.78 is 11.9. The third-order valence-electron chi connectivity index (χ3n) is 3.81. The summed E-state index contributed by atoms with van der Waals surface area (Å²) in [7, 11) is 0. The molecule has 0 atom stereocenters. The van der Waals surface area contributed by atoms with Gasteiger partial charge in [-0.05, 0) is 18.6 Å². The minimum atomic E-state index is -0.777. The van der Waals surface area contributed by atoms with Crippen molar-refractivity contribution in [1.29, 1.82) is 5.26 Å². The fraction of sp³-hybridized carbons (Fsp3) is 0.278. The van der Waals surface area contributed by atoms with Gasteiger partial charge in [0.25, 0.3) is 0 Å². The molecule has 0 saturated carbocycles. The first-order valence-electron chi connectivity index (χ1n) is 7.07. The predicted octanol–water partition coefficient (Wildman–Crippen LogP) is 3.31. The molecular formula is C18H17NO2. The summed E-state index contributed by atoms with van der Waals surface area (Å²) in [5.41, 5.74) is 3.81. The Labute approximate surface area is 124 Å². The van der Waals surface area contributed by atoms with Gasteiger partial charge in [0.2, 0.25) is 0 Å². The van der Waals surface area contributed by atoms with E-state index in [1.54, 1.807) is 0 Å². The zero-order valence-corrected chi connectivity index (χ0v) is 12.0. The maximum absolute atomic E-state index is 9.25. The maximum atomic E-state index is 9.25. The smallest absolute Gasteiger partial charge is 0.199 e. The number of hydrogen-bond acceptors (Lipinski definition) is 3. The number of aryl methyl sites for hydroxylation is 1. The first-order valence-corrected chi connectivity index (χ1v) is 7.07. The molecule has 1 saturated heterocycles. The van der Waals surface area contributed by atoms with E-state index in [0.717, 1.165) is 11.1 Å². The van der Waals surface area contributed by atoms with Gasteiger partial charge in [0.05, 0.1) is 24.8 Å². The molecule has 0 aliphatic carbocycles. The third kappa shape index (κ3) is 2.69. The zero-order valence-electron chi connectivity index (χ0n) is 12.0. The fourth-order valence-corrected chi connectivity index (χ4v) is 2.67. The van der Waals surface area contributed by atoms with Gasteiger partial charge in [0, 0.05) is 12.0 Å². The standard InChI is InChI=1S/C18H17NO2/c1-14-6-8-17(9-7-14)18(20-10-11-21-18)12-15-4-2-3-5-16(15)13-19/h2-9H,10-12H2,1H3. The molecule has 0 N–H and O–H groups in total.